The predicted octanol–water partition coefficient (Wildman–Crippen LogP) is 4.32. The Kier molecular flexibility index (Phi) is 3.84. The number of hydrogen-bond donors (Lipinski definition) is 0. The van der Waals surface area contributed by atoms with Crippen LogP contribution in [0.4, 0.5) is 0 Å². The SMILES string of the molecule is C=C(C)C(C)(C)[B]C(C)(C)C(C)C. The molecule has 1 radical (unpaired) electrons. The van der Waals surface area contributed by atoms with Crippen molar-refractivity contribution in [1.29, 1.82) is 0 Å². The summed E-state index contributed by atoms with van der Waals surface area (Å²) in [6.45, 7) is 19.7. The summed E-state index contributed by atoms with van der Waals surface area (Å²) in [6, 6.07) is 0. The maximum absolute atomic E-state index is 4.04. The molecule has 0 aliphatic carbocycles. The summed E-state index contributed by atoms with van der Waals surface area (Å²) in [4.78, 5) is 0. The maximum atomic E-state index is 4.04. The molecule has 13 heavy (non-hydrogen) atoms. The van der Waals surface area contributed by atoms with E-state index < -0.39 is 0 Å². The smallest absolute Gasteiger partial charge is 0.100 e. The van der Waals surface area contributed by atoms with Crippen LogP contribution in [0.5, 0.6) is 0 Å². The van der Waals surface area contributed by atoms with Crippen molar-refractivity contribution in [3.8, 4) is 0 Å². The number of hydrogen-bond acceptors (Lipinski definition) is 0. The van der Waals surface area contributed by atoms with Gasteiger partial charge in [0, 0.05) is 0 Å². The normalized spacial score (nSPS) is 13.2. The Hall–Kier alpha value is -0.195. The van der Waals surface area contributed by atoms with E-state index >= 15 is 0 Å². The van der Waals surface area contributed by atoms with Crippen molar-refractivity contribution in [1.82, 2.24) is 0 Å². The Balaban J connectivity index is 4.52. The molecule has 0 aromatic rings. The third-order valence-electron chi connectivity index (χ3n) is 3.32. The van der Waals surface area contributed by atoms with Crippen LogP contribution in [0.15, 0.2) is 12.2 Å². The van der Waals surface area contributed by atoms with Gasteiger partial charge in [0.2, 0.25) is 0 Å². The van der Waals surface area contributed by atoms with Gasteiger partial charge in [-0.1, -0.05) is 52.4 Å². The molecule has 0 saturated carbocycles. The molecule has 0 unspecified atom stereocenters. The first-order chi connectivity index (χ1) is 5.59. The molecule has 0 aromatic carbocycles. The zero-order valence-electron chi connectivity index (χ0n) is 10.4. The van der Waals surface area contributed by atoms with Gasteiger partial charge < -0.3 is 0 Å². The van der Waals surface area contributed by atoms with Gasteiger partial charge in [0.1, 0.15) is 7.28 Å². The number of rotatable bonds is 4. The summed E-state index contributed by atoms with van der Waals surface area (Å²) >= 11 is 0. The van der Waals surface area contributed by atoms with Crippen LogP contribution in [0.1, 0.15) is 48.5 Å². The zero-order chi connectivity index (χ0) is 10.9. The van der Waals surface area contributed by atoms with E-state index in [1.54, 1.807) is 0 Å². The molecule has 0 heterocycles. The third kappa shape index (κ3) is 3.58. The first-order valence-electron chi connectivity index (χ1n) is 5.12. The molecule has 0 atom stereocenters. The van der Waals surface area contributed by atoms with E-state index in [4.69, 9.17) is 0 Å². The second kappa shape index (κ2) is 3.90. The monoisotopic (exact) mass is 179 g/mol. The second-order valence-electron chi connectivity index (χ2n) is 5.62. The van der Waals surface area contributed by atoms with E-state index in [1.165, 1.54) is 5.57 Å². The summed E-state index contributed by atoms with van der Waals surface area (Å²) in [7, 11) is 2.42. The van der Waals surface area contributed by atoms with E-state index in [9.17, 15) is 0 Å². The fourth-order valence-electron chi connectivity index (χ4n) is 1.22. The fourth-order valence-corrected chi connectivity index (χ4v) is 1.22. The Bertz CT molecular complexity index is 187. The van der Waals surface area contributed by atoms with Gasteiger partial charge in [-0.05, 0) is 18.2 Å². The lowest BCUT2D eigenvalue weighted by molar-refractivity contribution is 0.462. The molecule has 0 rings (SSSR count). The van der Waals surface area contributed by atoms with Crippen molar-refractivity contribution < 1.29 is 0 Å². The van der Waals surface area contributed by atoms with Gasteiger partial charge in [0.25, 0.3) is 0 Å². The van der Waals surface area contributed by atoms with Gasteiger partial charge in [-0.3, -0.25) is 0 Å². The summed E-state index contributed by atoms with van der Waals surface area (Å²) < 4.78 is 0. The number of allylic oxidation sites excluding steroid dienone is 1. The molecule has 0 nitrogen and oxygen atoms in total. The van der Waals surface area contributed by atoms with Gasteiger partial charge in [0.05, 0.1) is 0 Å². The highest BCUT2D eigenvalue weighted by Gasteiger charge is 2.32. The highest BCUT2D eigenvalue weighted by Crippen LogP contribution is 2.44. The molecule has 0 aliphatic heterocycles. The highest BCUT2D eigenvalue weighted by atomic mass is 14.2. The van der Waals surface area contributed by atoms with E-state index in [0.717, 1.165) is 0 Å². The van der Waals surface area contributed by atoms with Crippen LogP contribution in [0, 0.1) is 5.92 Å². The van der Waals surface area contributed by atoms with Crippen LogP contribution in [-0.2, 0) is 0 Å². The average Bonchev–Trinajstić information content (AvgIpc) is 1.83. The average molecular weight is 179 g/mol. The van der Waals surface area contributed by atoms with Crippen molar-refractivity contribution >= 4 is 7.28 Å². The highest BCUT2D eigenvalue weighted by molar-refractivity contribution is 6.45. The van der Waals surface area contributed by atoms with Crippen molar-refractivity contribution in [2.45, 2.75) is 59.1 Å². The Morgan fingerprint density at radius 3 is 1.77 bits per heavy atom. The summed E-state index contributed by atoms with van der Waals surface area (Å²) in [5, 5.41) is 0.427. The Morgan fingerprint density at radius 1 is 1.15 bits per heavy atom. The van der Waals surface area contributed by atoms with Crippen LogP contribution >= 0.6 is 0 Å². The van der Waals surface area contributed by atoms with E-state index in [0.29, 0.717) is 5.92 Å². The molecule has 0 bridgehead atoms. The first kappa shape index (κ1) is 12.8. The second-order valence-corrected chi connectivity index (χ2v) is 5.62. The van der Waals surface area contributed by atoms with Crippen LogP contribution in [-0.4, -0.2) is 7.28 Å². The first-order valence-corrected chi connectivity index (χ1v) is 5.12. The molecule has 0 amide bonds. The van der Waals surface area contributed by atoms with Crippen LogP contribution in [0.3, 0.4) is 0 Å². The molecule has 1 heteroatoms. The standard InChI is InChI=1S/C12H24B/c1-9(2)11(5,6)13-12(7,8)10(3)4/h10H,1H2,2-8H3. The van der Waals surface area contributed by atoms with Crippen molar-refractivity contribution in [3.63, 3.8) is 0 Å². The van der Waals surface area contributed by atoms with E-state index in [-0.39, 0.29) is 10.6 Å². The van der Waals surface area contributed by atoms with Gasteiger partial charge in [-0.15, -0.1) is 6.58 Å². The summed E-state index contributed by atoms with van der Waals surface area (Å²) in [5.41, 5.74) is 1.24. The van der Waals surface area contributed by atoms with Gasteiger partial charge in [-0.2, -0.15) is 0 Å². The minimum absolute atomic E-state index is 0.147. The minimum atomic E-state index is 0.147. The molecule has 0 aromatic heterocycles. The lowest BCUT2D eigenvalue weighted by Crippen LogP contribution is -2.28. The van der Waals surface area contributed by atoms with E-state index in [2.05, 4.69) is 62.3 Å². The van der Waals surface area contributed by atoms with Crippen molar-refractivity contribution in [2.75, 3.05) is 0 Å². The van der Waals surface area contributed by atoms with Gasteiger partial charge in [0.15, 0.2) is 0 Å². The summed E-state index contributed by atoms with van der Waals surface area (Å²) in [6.07, 6.45) is 0. The van der Waals surface area contributed by atoms with Crippen molar-refractivity contribution in [2.24, 2.45) is 5.92 Å². The third-order valence-corrected chi connectivity index (χ3v) is 3.32. The van der Waals surface area contributed by atoms with E-state index in [1.807, 2.05) is 0 Å². The maximum Gasteiger partial charge on any atom is 0.130 e. The largest absolute Gasteiger partial charge is 0.130 e. The lowest BCUT2D eigenvalue weighted by Gasteiger charge is -2.37. The Labute approximate surface area is 85.1 Å². The Morgan fingerprint density at radius 2 is 1.54 bits per heavy atom. The fraction of sp³-hybridized carbons (Fsp3) is 0.833. The molecule has 0 N–H and O–H groups in total. The van der Waals surface area contributed by atoms with Gasteiger partial charge >= 0.3 is 0 Å². The van der Waals surface area contributed by atoms with Crippen LogP contribution in [0.25, 0.3) is 0 Å². The predicted molar refractivity (Wildman–Crippen MR) is 63.5 cm³/mol. The summed E-state index contributed by atoms with van der Waals surface area (Å²) in [5.74, 6) is 0.672. The zero-order valence-corrected chi connectivity index (χ0v) is 10.4. The van der Waals surface area contributed by atoms with Crippen LogP contribution in [0.2, 0.25) is 10.6 Å². The molecule has 0 spiro atoms. The molecule has 0 fully saturated rings. The lowest BCUT2D eigenvalue weighted by atomic mass is 9.37. The minimum Gasteiger partial charge on any atom is -0.100 e. The topological polar surface area (TPSA) is 0 Å². The molecular formula is C12H24B. The molecular weight excluding hydrogens is 155 g/mol. The van der Waals surface area contributed by atoms with Crippen molar-refractivity contribution in [3.05, 3.63) is 12.2 Å². The quantitative estimate of drug-likeness (QED) is 0.445. The van der Waals surface area contributed by atoms with Gasteiger partial charge in [-0.25, -0.2) is 0 Å². The molecule has 0 saturated heterocycles. The molecule has 75 valence electrons. The van der Waals surface area contributed by atoms with Crippen LogP contribution < -0.4 is 0 Å². The molecule has 0 aliphatic rings.